The van der Waals surface area contributed by atoms with Crippen LogP contribution in [0, 0.1) is 0 Å². The third-order valence-electron chi connectivity index (χ3n) is 4.29. The van der Waals surface area contributed by atoms with Crippen LogP contribution in [0.2, 0.25) is 0 Å². The molecule has 34 heavy (non-hydrogen) atoms. The number of rotatable bonds is 8. The molecule has 1 heterocycles. The summed E-state index contributed by atoms with van der Waals surface area (Å²) in [5.74, 6) is -2.89. The van der Waals surface area contributed by atoms with E-state index in [9.17, 15) is 24.0 Å². The van der Waals surface area contributed by atoms with Crippen molar-refractivity contribution < 1.29 is 57.1 Å². The Morgan fingerprint density at radius 1 is 0.676 bits per heavy atom. The SMILES string of the molecule is CC(=O)OC[C@H]1O[C@H](Oc2ccc(OC(C)=O)cc2)[C@H](OC(C)=O)[C@@H](OC(C)=O)[C@@H]1OC(C)=O. The lowest BCUT2D eigenvalue weighted by atomic mass is 9.98. The zero-order valence-electron chi connectivity index (χ0n) is 19.3. The van der Waals surface area contributed by atoms with Gasteiger partial charge in [-0.3, -0.25) is 24.0 Å². The highest BCUT2D eigenvalue weighted by molar-refractivity contribution is 5.69. The molecule has 12 heteroatoms. The molecule has 0 unspecified atom stereocenters. The van der Waals surface area contributed by atoms with E-state index in [4.69, 9.17) is 33.2 Å². The van der Waals surface area contributed by atoms with Crippen molar-refractivity contribution in [3.63, 3.8) is 0 Å². The van der Waals surface area contributed by atoms with Gasteiger partial charge in [0.2, 0.25) is 12.4 Å². The van der Waals surface area contributed by atoms with Crippen molar-refractivity contribution in [2.45, 2.75) is 65.3 Å². The van der Waals surface area contributed by atoms with Crippen LogP contribution in [0.3, 0.4) is 0 Å². The lowest BCUT2D eigenvalue weighted by molar-refractivity contribution is -0.288. The van der Waals surface area contributed by atoms with Gasteiger partial charge in [-0.15, -0.1) is 0 Å². The fourth-order valence-corrected chi connectivity index (χ4v) is 3.17. The molecule has 0 bridgehead atoms. The minimum atomic E-state index is -1.36. The van der Waals surface area contributed by atoms with Gasteiger partial charge < -0.3 is 33.2 Å². The summed E-state index contributed by atoms with van der Waals surface area (Å²) in [6.45, 7) is 5.43. The summed E-state index contributed by atoms with van der Waals surface area (Å²) in [5, 5.41) is 0. The van der Waals surface area contributed by atoms with Gasteiger partial charge in [-0.2, -0.15) is 0 Å². The van der Waals surface area contributed by atoms with Crippen molar-refractivity contribution >= 4 is 29.8 Å². The van der Waals surface area contributed by atoms with E-state index in [1.807, 2.05) is 0 Å². The molecule has 186 valence electrons. The van der Waals surface area contributed by atoms with Crippen LogP contribution < -0.4 is 9.47 Å². The van der Waals surface area contributed by atoms with Gasteiger partial charge in [-0.1, -0.05) is 0 Å². The number of benzene rings is 1. The summed E-state index contributed by atoms with van der Waals surface area (Å²) in [6, 6.07) is 5.85. The first kappa shape index (κ1) is 26.6. The summed E-state index contributed by atoms with van der Waals surface area (Å²) in [4.78, 5) is 57.8. The highest BCUT2D eigenvalue weighted by Gasteiger charge is 2.53. The maximum Gasteiger partial charge on any atom is 0.308 e. The van der Waals surface area contributed by atoms with E-state index in [1.165, 1.54) is 38.1 Å². The molecule has 1 aromatic rings. The second kappa shape index (κ2) is 12.0. The molecule has 1 fully saturated rings. The first-order valence-corrected chi connectivity index (χ1v) is 10.2. The Labute approximate surface area is 195 Å². The predicted octanol–water partition coefficient (Wildman–Crippen LogP) is 1.07. The van der Waals surface area contributed by atoms with Gasteiger partial charge in [0.15, 0.2) is 12.2 Å². The van der Waals surface area contributed by atoms with Crippen molar-refractivity contribution in [3.05, 3.63) is 24.3 Å². The van der Waals surface area contributed by atoms with E-state index in [2.05, 4.69) is 0 Å². The fourth-order valence-electron chi connectivity index (χ4n) is 3.17. The van der Waals surface area contributed by atoms with E-state index in [1.54, 1.807) is 0 Å². The quantitative estimate of drug-likeness (QED) is 0.296. The van der Waals surface area contributed by atoms with E-state index >= 15 is 0 Å². The Bertz CT molecular complexity index is 909. The van der Waals surface area contributed by atoms with Gasteiger partial charge >= 0.3 is 29.8 Å². The third kappa shape index (κ3) is 8.03. The number of carbonyl (C=O) groups excluding carboxylic acids is 5. The first-order chi connectivity index (χ1) is 16.0. The molecule has 0 aliphatic carbocycles. The number of hydrogen-bond donors (Lipinski definition) is 0. The molecule has 1 aromatic carbocycles. The Balaban J connectivity index is 2.40. The highest BCUT2D eigenvalue weighted by Crippen LogP contribution is 2.31. The van der Waals surface area contributed by atoms with Crippen LogP contribution in [0.15, 0.2) is 24.3 Å². The monoisotopic (exact) mass is 482 g/mol. The summed E-state index contributed by atoms with van der Waals surface area (Å²) in [5.41, 5.74) is 0. The minimum Gasteiger partial charge on any atom is -0.463 e. The molecule has 0 spiro atoms. The summed E-state index contributed by atoms with van der Waals surface area (Å²) < 4.78 is 37.6. The average molecular weight is 482 g/mol. The van der Waals surface area contributed by atoms with Crippen LogP contribution in [0.5, 0.6) is 11.5 Å². The maximum absolute atomic E-state index is 11.8. The van der Waals surface area contributed by atoms with E-state index in [-0.39, 0.29) is 18.1 Å². The fraction of sp³-hybridized carbons (Fsp3) is 0.500. The Kier molecular flexibility index (Phi) is 9.36. The molecule has 5 atom stereocenters. The van der Waals surface area contributed by atoms with E-state index < -0.39 is 60.6 Å². The molecule has 1 saturated heterocycles. The third-order valence-corrected chi connectivity index (χ3v) is 4.29. The smallest absolute Gasteiger partial charge is 0.308 e. The standard InChI is InChI=1S/C22H26O12/c1-11(23)28-10-18-19(30-13(3)25)20(31-14(4)26)21(32-15(5)27)22(34-18)33-17-8-6-16(7-9-17)29-12(2)24/h6-9,18-22H,10H2,1-5H3/t18-,19-,20+,21-,22+/m1/s1. The van der Waals surface area contributed by atoms with Gasteiger partial charge in [-0.05, 0) is 24.3 Å². The van der Waals surface area contributed by atoms with Crippen molar-refractivity contribution in [1.29, 1.82) is 0 Å². The minimum absolute atomic E-state index is 0.219. The second-order valence-electron chi connectivity index (χ2n) is 7.25. The van der Waals surface area contributed by atoms with Gasteiger partial charge in [0, 0.05) is 34.6 Å². The first-order valence-electron chi connectivity index (χ1n) is 10.2. The second-order valence-corrected chi connectivity index (χ2v) is 7.25. The lowest BCUT2D eigenvalue weighted by Crippen LogP contribution is -2.63. The van der Waals surface area contributed by atoms with E-state index in [0.29, 0.717) is 0 Å². The number of esters is 5. The van der Waals surface area contributed by atoms with Crippen molar-refractivity contribution in [2.24, 2.45) is 0 Å². The van der Waals surface area contributed by atoms with Gasteiger partial charge in [0.05, 0.1) is 0 Å². The zero-order valence-corrected chi connectivity index (χ0v) is 19.3. The van der Waals surface area contributed by atoms with Crippen LogP contribution in [0.1, 0.15) is 34.6 Å². The molecule has 0 radical (unpaired) electrons. The van der Waals surface area contributed by atoms with Crippen LogP contribution >= 0.6 is 0 Å². The van der Waals surface area contributed by atoms with Gasteiger partial charge in [-0.25, -0.2) is 0 Å². The Morgan fingerprint density at radius 3 is 1.68 bits per heavy atom. The van der Waals surface area contributed by atoms with Gasteiger partial charge in [0.25, 0.3) is 0 Å². The van der Waals surface area contributed by atoms with Crippen LogP contribution in [-0.2, 0) is 47.7 Å². The molecule has 0 aromatic heterocycles. The van der Waals surface area contributed by atoms with Crippen LogP contribution in [-0.4, -0.2) is 67.2 Å². The van der Waals surface area contributed by atoms with Crippen LogP contribution in [0.25, 0.3) is 0 Å². The van der Waals surface area contributed by atoms with Crippen molar-refractivity contribution in [2.75, 3.05) is 6.61 Å². The van der Waals surface area contributed by atoms with Gasteiger partial charge in [0.1, 0.15) is 24.2 Å². The summed E-state index contributed by atoms with van der Waals surface area (Å²) in [7, 11) is 0. The Hall–Kier alpha value is -3.67. The molecule has 1 aliphatic heterocycles. The normalized spacial score (nSPS) is 23.7. The number of hydrogen-bond acceptors (Lipinski definition) is 12. The molecule has 0 amide bonds. The lowest BCUT2D eigenvalue weighted by Gasteiger charge is -2.43. The predicted molar refractivity (Wildman–Crippen MR) is 110 cm³/mol. The number of carbonyl (C=O) groups is 5. The molecule has 12 nitrogen and oxygen atoms in total. The molecule has 0 saturated carbocycles. The molecular weight excluding hydrogens is 456 g/mol. The molecule has 0 N–H and O–H groups in total. The maximum atomic E-state index is 11.8. The molecule has 2 rings (SSSR count). The zero-order chi connectivity index (χ0) is 25.4. The average Bonchev–Trinajstić information content (AvgIpc) is 2.71. The highest BCUT2D eigenvalue weighted by atomic mass is 16.7. The number of ether oxygens (including phenoxy) is 7. The summed E-state index contributed by atoms with van der Waals surface area (Å²) in [6.07, 6.45) is -6.47. The van der Waals surface area contributed by atoms with Crippen molar-refractivity contribution in [1.82, 2.24) is 0 Å². The largest absolute Gasteiger partial charge is 0.463 e. The van der Waals surface area contributed by atoms with E-state index in [0.717, 1.165) is 20.8 Å². The molecular formula is C22H26O12. The van der Waals surface area contributed by atoms with Crippen LogP contribution in [0.4, 0.5) is 0 Å². The summed E-state index contributed by atoms with van der Waals surface area (Å²) >= 11 is 0. The molecule has 1 aliphatic rings. The Morgan fingerprint density at radius 2 is 1.18 bits per heavy atom. The van der Waals surface area contributed by atoms with Crippen molar-refractivity contribution in [3.8, 4) is 11.5 Å². The topological polar surface area (TPSA) is 150 Å².